The first-order valence-corrected chi connectivity index (χ1v) is 5.80. The zero-order valence-electron chi connectivity index (χ0n) is 7.56. The second-order valence-electron chi connectivity index (χ2n) is 3.18. The maximum absolute atomic E-state index is 11.5. The fourth-order valence-electron chi connectivity index (χ4n) is 1.43. The molecule has 1 aliphatic rings. The van der Waals surface area contributed by atoms with Crippen molar-refractivity contribution in [2.24, 2.45) is 0 Å². The van der Waals surface area contributed by atoms with Gasteiger partial charge in [0, 0.05) is 5.56 Å². The van der Waals surface area contributed by atoms with E-state index in [1.165, 1.54) is 18.2 Å². The van der Waals surface area contributed by atoms with Crippen LogP contribution in [-0.4, -0.2) is 26.4 Å². The van der Waals surface area contributed by atoms with Gasteiger partial charge in [-0.15, -0.1) is 0 Å². The number of carbonyl (C=O) groups excluding carboxylic acids is 2. The first kappa shape index (κ1) is 9.85. The van der Waals surface area contributed by atoms with Gasteiger partial charge in [0.05, 0.1) is 10.6 Å². The molecule has 0 aliphatic carbocycles. The minimum absolute atomic E-state index is 0.0627. The number of hydrogen-bond acceptors (Lipinski definition) is 4. The minimum Gasteiger partial charge on any atom is -0.324 e. The van der Waals surface area contributed by atoms with Crippen molar-refractivity contribution in [3.63, 3.8) is 0 Å². The molecule has 0 aromatic heterocycles. The van der Waals surface area contributed by atoms with Crippen LogP contribution in [0, 0.1) is 0 Å². The lowest BCUT2D eigenvalue weighted by molar-refractivity contribution is -0.114. The Balaban J connectivity index is 2.67. The summed E-state index contributed by atoms with van der Waals surface area (Å²) >= 11 is 0. The van der Waals surface area contributed by atoms with Crippen LogP contribution in [0.15, 0.2) is 23.1 Å². The van der Waals surface area contributed by atoms with Crippen LogP contribution >= 0.6 is 0 Å². The zero-order chi connectivity index (χ0) is 11.1. The molecule has 0 spiro atoms. The van der Waals surface area contributed by atoms with E-state index in [4.69, 9.17) is 0 Å². The maximum Gasteiger partial charge on any atom is 0.239 e. The highest BCUT2D eigenvalue weighted by Crippen LogP contribution is 2.26. The summed E-state index contributed by atoms with van der Waals surface area (Å²) in [6.45, 7) is 0. The van der Waals surface area contributed by atoms with Crippen molar-refractivity contribution >= 4 is 27.7 Å². The quantitative estimate of drug-likeness (QED) is 0.693. The smallest absolute Gasteiger partial charge is 0.239 e. The molecule has 1 heterocycles. The summed E-state index contributed by atoms with van der Waals surface area (Å²) in [6, 6.07) is 4.08. The SMILES string of the molecule is O=Cc1ccc2c(c1)NC(=O)CS2(=O)=O. The number of amides is 1. The van der Waals surface area contributed by atoms with Gasteiger partial charge in [0.2, 0.25) is 5.91 Å². The number of hydrogen-bond donors (Lipinski definition) is 1. The van der Waals surface area contributed by atoms with Gasteiger partial charge in [-0.2, -0.15) is 0 Å². The molecule has 0 fully saturated rings. The molecule has 0 unspecified atom stereocenters. The summed E-state index contributed by atoms with van der Waals surface area (Å²) < 4.78 is 23.1. The molecule has 1 aliphatic heterocycles. The topological polar surface area (TPSA) is 80.3 Å². The van der Waals surface area contributed by atoms with Gasteiger partial charge < -0.3 is 5.32 Å². The summed E-state index contributed by atoms with van der Waals surface area (Å²) in [5, 5.41) is 2.41. The predicted octanol–water partition coefficient (Wildman–Crippen LogP) is 0.225. The summed E-state index contributed by atoms with van der Waals surface area (Å²) in [6.07, 6.45) is 0.591. The van der Waals surface area contributed by atoms with E-state index in [0.29, 0.717) is 11.8 Å². The monoisotopic (exact) mass is 225 g/mol. The van der Waals surface area contributed by atoms with E-state index in [0.717, 1.165) is 0 Å². The molecule has 0 saturated heterocycles. The van der Waals surface area contributed by atoms with E-state index in [2.05, 4.69) is 5.32 Å². The van der Waals surface area contributed by atoms with Crippen molar-refractivity contribution in [3.05, 3.63) is 23.8 Å². The van der Waals surface area contributed by atoms with Crippen molar-refractivity contribution < 1.29 is 18.0 Å². The maximum atomic E-state index is 11.5. The Morgan fingerprint density at radius 1 is 1.33 bits per heavy atom. The van der Waals surface area contributed by atoms with Gasteiger partial charge in [-0.05, 0) is 12.1 Å². The van der Waals surface area contributed by atoms with E-state index in [1.807, 2.05) is 0 Å². The Morgan fingerprint density at radius 2 is 2.07 bits per heavy atom. The number of nitrogens with one attached hydrogen (secondary N) is 1. The predicted molar refractivity (Wildman–Crippen MR) is 52.5 cm³/mol. The molecule has 1 aromatic carbocycles. The number of carbonyl (C=O) groups is 2. The van der Waals surface area contributed by atoms with Crippen molar-refractivity contribution in [1.82, 2.24) is 0 Å². The van der Waals surface area contributed by atoms with Crippen LogP contribution < -0.4 is 5.32 Å². The Bertz CT molecular complexity index is 547. The lowest BCUT2D eigenvalue weighted by Gasteiger charge is -2.16. The molecule has 1 aromatic rings. The molecule has 1 N–H and O–H groups in total. The van der Waals surface area contributed by atoms with E-state index < -0.39 is 21.5 Å². The number of rotatable bonds is 1. The van der Waals surface area contributed by atoms with Crippen LogP contribution in [0.4, 0.5) is 5.69 Å². The third-order valence-electron chi connectivity index (χ3n) is 2.07. The highest BCUT2D eigenvalue weighted by Gasteiger charge is 2.28. The Morgan fingerprint density at radius 3 is 2.73 bits per heavy atom. The molecular weight excluding hydrogens is 218 g/mol. The van der Waals surface area contributed by atoms with E-state index in [1.54, 1.807) is 0 Å². The standard InChI is InChI=1S/C9H7NO4S/c11-4-6-1-2-8-7(3-6)10-9(12)5-15(8,13)14/h1-4H,5H2,(H,10,12). The largest absolute Gasteiger partial charge is 0.324 e. The number of benzene rings is 1. The van der Waals surface area contributed by atoms with Crippen LogP contribution in [0.25, 0.3) is 0 Å². The number of fused-ring (bicyclic) bond motifs is 1. The molecule has 6 heteroatoms. The van der Waals surface area contributed by atoms with Gasteiger partial charge in [0.1, 0.15) is 12.0 Å². The molecule has 0 saturated carbocycles. The Labute approximate surface area is 86.0 Å². The normalized spacial score (nSPS) is 17.7. The van der Waals surface area contributed by atoms with Crippen LogP contribution in [-0.2, 0) is 14.6 Å². The van der Waals surface area contributed by atoms with Crippen molar-refractivity contribution in [2.75, 3.05) is 11.1 Å². The van der Waals surface area contributed by atoms with Gasteiger partial charge in [0.25, 0.3) is 0 Å². The molecular formula is C9H7NO4S. The molecule has 5 nitrogen and oxygen atoms in total. The second-order valence-corrected chi connectivity index (χ2v) is 5.14. The molecule has 2 rings (SSSR count). The van der Waals surface area contributed by atoms with E-state index in [-0.39, 0.29) is 10.6 Å². The van der Waals surface area contributed by atoms with Gasteiger partial charge in [-0.3, -0.25) is 9.59 Å². The average Bonchev–Trinajstić information content (AvgIpc) is 2.15. The fraction of sp³-hybridized carbons (Fsp3) is 0.111. The van der Waals surface area contributed by atoms with Crippen LogP contribution in [0.2, 0.25) is 0 Å². The lowest BCUT2D eigenvalue weighted by Crippen LogP contribution is -2.29. The average molecular weight is 225 g/mol. The third-order valence-corrected chi connectivity index (χ3v) is 3.74. The fourth-order valence-corrected chi connectivity index (χ4v) is 2.72. The first-order chi connectivity index (χ1) is 7.03. The molecule has 0 bridgehead atoms. The number of aldehydes is 1. The van der Waals surface area contributed by atoms with Crippen molar-refractivity contribution in [3.8, 4) is 0 Å². The molecule has 15 heavy (non-hydrogen) atoms. The summed E-state index contributed by atoms with van der Waals surface area (Å²) in [7, 11) is -3.54. The summed E-state index contributed by atoms with van der Waals surface area (Å²) in [5.41, 5.74) is 0.502. The molecule has 78 valence electrons. The van der Waals surface area contributed by atoms with Crippen molar-refractivity contribution in [1.29, 1.82) is 0 Å². The molecule has 1 amide bonds. The molecule has 0 radical (unpaired) electrons. The second kappa shape index (κ2) is 3.16. The van der Waals surface area contributed by atoms with E-state index >= 15 is 0 Å². The highest BCUT2D eigenvalue weighted by molar-refractivity contribution is 7.92. The van der Waals surface area contributed by atoms with Gasteiger partial charge in [-0.1, -0.05) is 6.07 Å². The third kappa shape index (κ3) is 1.63. The number of sulfone groups is 1. The van der Waals surface area contributed by atoms with Gasteiger partial charge >= 0.3 is 0 Å². The Kier molecular flexibility index (Phi) is 2.08. The van der Waals surface area contributed by atoms with Crippen LogP contribution in [0.1, 0.15) is 10.4 Å². The molecule has 0 atom stereocenters. The van der Waals surface area contributed by atoms with Crippen LogP contribution in [0.5, 0.6) is 0 Å². The Hall–Kier alpha value is -1.69. The first-order valence-electron chi connectivity index (χ1n) is 4.15. The van der Waals surface area contributed by atoms with Gasteiger partial charge in [0.15, 0.2) is 9.84 Å². The highest BCUT2D eigenvalue weighted by atomic mass is 32.2. The summed E-state index contributed by atoms with van der Waals surface area (Å²) in [5.74, 6) is -1.12. The van der Waals surface area contributed by atoms with E-state index in [9.17, 15) is 18.0 Å². The van der Waals surface area contributed by atoms with Crippen molar-refractivity contribution in [2.45, 2.75) is 4.90 Å². The number of anilines is 1. The van der Waals surface area contributed by atoms with Crippen LogP contribution in [0.3, 0.4) is 0 Å². The minimum atomic E-state index is -3.54. The lowest BCUT2D eigenvalue weighted by atomic mass is 10.2. The summed E-state index contributed by atoms with van der Waals surface area (Å²) in [4.78, 5) is 21.6. The van der Waals surface area contributed by atoms with Gasteiger partial charge in [-0.25, -0.2) is 8.42 Å². The zero-order valence-corrected chi connectivity index (χ0v) is 8.37.